The van der Waals surface area contributed by atoms with E-state index >= 15 is 0 Å². The summed E-state index contributed by atoms with van der Waals surface area (Å²) in [4.78, 5) is 0. The highest BCUT2D eigenvalue weighted by atomic mass is 35.5. The molecule has 1 fully saturated rings. The molecule has 1 aromatic carbocycles. The predicted molar refractivity (Wildman–Crippen MR) is 65.3 cm³/mol. The zero-order chi connectivity index (χ0) is 12.7. The fourth-order valence-electron chi connectivity index (χ4n) is 2.14. The minimum Gasteiger partial charge on any atom is -0.324 e. The number of hydrogen-bond acceptors (Lipinski definition) is 3. The summed E-state index contributed by atoms with van der Waals surface area (Å²) in [5.41, 5.74) is 6.05. The van der Waals surface area contributed by atoms with E-state index in [0.29, 0.717) is 12.8 Å². The second-order valence-electron chi connectivity index (χ2n) is 4.63. The lowest BCUT2D eigenvalue weighted by Gasteiger charge is -2.22. The van der Waals surface area contributed by atoms with Gasteiger partial charge in [-0.15, -0.1) is 0 Å². The van der Waals surface area contributed by atoms with Crippen LogP contribution in [0.3, 0.4) is 0 Å². The Balaban J connectivity index is 2.19. The van der Waals surface area contributed by atoms with Crippen LogP contribution in [0.15, 0.2) is 18.2 Å². The molecule has 1 heterocycles. The molecule has 1 aliphatic rings. The van der Waals surface area contributed by atoms with E-state index in [2.05, 4.69) is 0 Å². The van der Waals surface area contributed by atoms with Crippen molar-refractivity contribution in [3.05, 3.63) is 34.6 Å². The summed E-state index contributed by atoms with van der Waals surface area (Å²) in [7, 11) is -3.02. The van der Waals surface area contributed by atoms with Gasteiger partial charge in [-0.05, 0) is 30.5 Å². The van der Waals surface area contributed by atoms with Gasteiger partial charge in [-0.1, -0.05) is 17.7 Å². The third-order valence-corrected chi connectivity index (χ3v) is 5.09. The van der Waals surface area contributed by atoms with Crippen molar-refractivity contribution in [2.45, 2.75) is 18.4 Å². The van der Waals surface area contributed by atoms with E-state index in [1.54, 1.807) is 6.07 Å². The Hall–Kier alpha value is -0.650. The van der Waals surface area contributed by atoms with Gasteiger partial charge in [0.2, 0.25) is 0 Å². The van der Waals surface area contributed by atoms with Crippen LogP contribution in [0.2, 0.25) is 5.02 Å². The zero-order valence-electron chi connectivity index (χ0n) is 9.12. The summed E-state index contributed by atoms with van der Waals surface area (Å²) in [6.07, 6.45) is 0.830. The maximum absolute atomic E-state index is 13.0. The van der Waals surface area contributed by atoms with E-state index in [9.17, 15) is 12.8 Å². The normalized spacial score (nSPS) is 27.2. The van der Waals surface area contributed by atoms with Crippen LogP contribution in [0.1, 0.15) is 12.0 Å². The molecule has 1 aliphatic heterocycles. The molecular weight excluding hydrogens is 265 g/mol. The minimum atomic E-state index is -3.02. The van der Waals surface area contributed by atoms with Gasteiger partial charge in [0, 0.05) is 5.54 Å². The van der Waals surface area contributed by atoms with Gasteiger partial charge in [-0.2, -0.15) is 0 Å². The number of rotatable bonds is 2. The predicted octanol–water partition coefficient (Wildman–Crippen LogP) is 1.54. The zero-order valence-corrected chi connectivity index (χ0v) is 10.7. The highest BCUT2D eigenvalue weighted by Crippen LogP contribution is 2.26. The van der Waals surface area contributed by atoms with Gasteiger partial charge in [0.1, 0.15) is 5.82 Å². The van der Waals surface area contributed by atoms with Crippen LogP contribution in [0.25, 0.3) is 0 Å². The van der Waals surface area contributed by atoms with Gasteiger partial charge in [-0.3, -0.25) is 0 Å². The standard InChI is InChI=1S/C11H13ClFNO2S/c12-9-5-8(1-2-10(9)13)6-11(14)3-4-17(15,16)7-11/h1-2,5H,3-4,6-7,14H2. The second-order valence-corrected chi connectivity index (χ2v) is 7.22. The number of halogens is 2. The molecule has 0 aliphatic carbocycles. The highest BCUT2D eigenvalue weighted by Gasteiger charge is 2.38. The van der Waals surface area contributed by atoms with Crippen molar-refractivity contribution in [3.63, 3.8) is 0 Å². The fourth-order valence-corrected chi connectivity index (χ4v) is 4.32. The number of benzene rings is 1. The van der Waals surface area contributed by atoms with Crippen LogP contribution in [0, 0.1) is 5.82 Å². The summed E-state index contributed by atoms with van der Waals surface area (Å²) in [6, 6.07) is 4.35. The van der Waals surface area contributed by atoms with Gasteiger partial charge < -0.3 is 5.73 Å². The Kier molecular flexibility index (Phi) is 3.18. The van der Waals surface area contributed by atoms with Crippen LogP contribution in [-0.4, -0.2) is 25.5 Å². The van der Waals surface area contributed by atoms with Crippen LogP contribution < -0.4 is 5.73 Å². The van der Waals surface area contributed by atoms with Gasteiger partial charge in [0.05, 0.1) is 16.5 Å². The molecule has 17 heavy (non-hydrogen) atoms. The fraction of sp³-hybridized carbons (Fsp3) is 0.455. The molecule has 1 saturated heterocycles. The first-order chi connectivity index (χ1) is 7.80. The van der Waals surface area contributed by atoms with Crippen molar-refractivity contribution < 1.29 is 12.8 Å². The average molecular weight is 278 g/mol. The van der Waals surface area contributed by atoms with Crippen LogP contribution in [-0.2, 0) is 16.3 Å². The second kappa shape index (κ2) is 4.23. The third-order valence-electron chi connectivity index (χ3n) is 2.96. The quantitative estimate of drug-likeness (QED) is 0.892. The first kappa shape index (κ1) is 12.8. The SMILES string of the molecule is NC1(Cc2ccc(F)c(Cl)c2)CCS(=O)(=O)C1. The van der Waals surface area contributed by atoms with E-state index in [1.807, 2.05) is 0 Å². The molecule has 2 N–H and O–H groups in total. The smallest absolute Gasteiger partial charge is 0.152 e. The molecule has 0 spiro atoms. The molecule has 0 aromatic heterocycles. The van der Waals surface area contributed by atoms with Crippen molar-refractivity contribution in [2.75, 3.05) is 11.5 Å². The van der Waals surface area contributed by atoms with E-state index in [1.165, 1.54) is 12.1 Å². The van der Waals surface area contributed by atoms with E-state index in [4.69, 9.17) is 17.3 Å². The molecule has 0 bridgehead atoms. The lowest BCUT2D eigenvalue weighted by Crippen LogP contribution is -2.43. The Labute approximate surface area is 105 Å². The molecule has 1 aromatic rings. The third kappa shape index (κ3) is 2.97. The highest BCUT2D eigenvalue weighted by molar-refractivity contribution is 7.91. The molecule has 2 rings (SSSR count). The Bertz CT molecular complexity index is 546. The largest absolute Gasteiger partial charge is 0.324 e. The van der Waals surface area contributed by atoms with E-state index in [0.717, 1.165) is 5.56 Å². The molecule has 6 heteroatoms. The van der Waals surface area contributed by atoms with Gasteiger partial charge in [0.15, 0.2) is 9.84 Å². The minimum absolute atomic E-state index is 0.0189. The molecule has 1 atom stereocenters. The lowest BCUT2D eigenvalue weighted by atomic mass is 9.91. The first-order valence-corrected chi connectivity index (χ1v) is 7.43. The van der Waals surface area contributed by atoms with Crippen molar-refractivity contribution >= 4 is 21.4 Å². The van der Waals surface area contributed by atoms with Crippen molar-refractivity contribution in [3.8, 4) is 0 Å². The molecule has 3 nitrogen and oxygen atoms in total. The molecule has 1 unspecified atom stereocenters. The average Bonchev–Trinajstić information content (AvgIpc) is 2.47. The maximum Gasteiger partial charge on any atom is 0.152 e. The summed E-state index contributed by atoms with van der Waals surface area (Å²) in [5.74, 6) is -0.381. The summed E-state index contributed by atoms with van der Waals surface area (Å²) in [5, 5.41) is 0.0342. The number of hydrogen-bond donors (Lipinski definition) is 1. The van der Waals surface area contributed by atoms with Crippen LogP contribution >= 0.6 is 11.6 Å². The Morgan fingerprint density at radius 3 is 2.71 bits per heavy atom. The summed E-state index contributed by atoms with van der Waals surface area (Å²) >= 11 is 5.67. The maximum atomic E-state index is 13.0. The van der Waals surface area contributed by atoms with Crippen LogP contribution in [0.5, 0.6) is 0 Å². The Morgan fingerprint density at radius 1 is 1.47 bits per heavy atom. The molecule has 0 amide bonds. The molecule has 0 saturated carbocycles. The van der Waals surface area contributed by atoms with E-state index in [-0.39, 0.29) is 16.5 Å². The van der Waals surface area contributed by atoms with E-state index < -0.39 is 21.2 Å². The monoisotopic (exact) mass is 277 g/mol. The Morgan fingerprint density at radius 2 is 2.18 bits per heavy atom. The summed E-state index contributed by atoms with van der Waals surface area (Å²) < 4.78 is 35.8. The molecule has 0 radical (unpaired) electrons. The van der Waals surface area contributed by atoms with Gasteiger partial charge in [-0.25, -0.2) is 12.8 Å². The van der Waals surface area contributed by atoms with Gasteiger partial charge in [0.25, 0.3) is 0 Å². The molecule has 94 valence electrons. The topological polar surface area (TPSA) is 60.2 Å². The van der Waals surface area contributed by atoms with Crippen molar-refractivity contribution in [2.24, 2.45) is 5.73 Å². The molecular formula is C11H13ClFNO2S. The van der Waals surface area contributed by atoms with Crippen molar-refractivity contribution in [1.29, 1.82) is 0 Å². The van der Waals surface area contributed by atoms with Crippen LogP contribution in [0.4, 0.5) is 4.39 Å². The van der Waals surface area contributed by atoms with Crippen molar-refractivity contribution in [1.82, 2.24) is 0 Å². The van der Waals surface area contributed by atoms with Gasteiger partial charge >= 0.3 is 0 Å². The summed E-state index contributed by atoms with van der Waals surface area (Å²) in [6.45, 7) is 0. The first-order valence-electron chi connectivity index (χ1n) is 5.23. The lowest BCUT2D eigenvalue weighted by molar-refractivity contribution is 0.476. The number of nitrogens with two attached hydrogens (primary N) is 1. The number of sulfone groups is 1.